The van der Waals surface area contributed by atoms with E-state index in [1.807, 2.05) is 25.1 Å². The molecule has 0 spiro atoms. The monoisotopic (exact) mass is 576 g/mol. The second-order valence-electron chi connectivity index (χ2n) is 7.14. The lowest BCUT2D eigenvalue weighted by Gasteiger charge is -2.34. The van der Waals surface area contributed by atoms with Crippen molar-refractivity contribution in [1.29, 1.82) is 0 Å². The molecule has 0 aliphatic carbocycles. The summed E-state index contributed by atoms with van der Waals surface area (Å²) in [6.45, 7) is 5.33. The highest BCUT2D eigenvalue weighted by molar-refractivity contribution is 14.0. The van der Waals surface area contributed by atoms with Crippen LogP contribution in [-0.4, -0.2) is 68.7 Å². The Hall–Kier alpha value is -1.99. The predicted molar refractivity (Wildman–Crippen MR) is 136 cm³/mol. The van der Waals surface area contributed by atoms with Crippen LogP contribution < -0.4 is 15.5 Å². The number of halogens is 2. The zero-order valence-corrected chi connectivity index (χ0v) is 21.2. The molecule has 0 saturated carbocycles. The van der Waals surface area contributed by atoms with Crippen molar-refractivity contribution in [2.75, 3.05) is 49.9 Å². The van der Waals surface area contributed by atoms with Gasteiger partial charge in [-0.1, -0.05) is 18.2 Å². The molecular formula is C21H30FIN6O2S. The third-order valence-electron chi connectivity index (χ3n) is 4.93. The first-order valence-electron chi connectivity index (χ1n) is 10.4. The molecule has 1 aliphatic heterocycles. The van der Waals surface area contributed by atoms with Crippen molar-refractivity contribution in [2.24, 2.45) is 4.99 Å². The van der Waals surface area contributed by atoms with Gasteiger partial charge in [0, 0.05) is 45.5 Å². The molecule has 8 nitrogen and oxygen atoms in total. The van der Waals surface area contributed by atoms with Crippen LogP contribution in [0, 0.1) is 5.82 Å². The second kappa shape index (κ2) is 12.9. The molecule has 2 N–H and O–H groups in total. The van der Waals surface area contributed by atoms with E-state index in [4.69, 9.17) is 0 Å². The standard InChI is InChI=1S/C21H29FN6O2S.HI/c1-2-23-21(26-17-18-6-8-19(22)9-7-18)25-11-16-31(29,30)28-14-12-27(13-15-28)20-5-3-4-10-24-20;/h3-10H,2,11-17H2,1H3,(H2,23,25,26);1H. The minimum Gasteiger partial charge on any atom is -0.357 e. The lowest BCUT2D eigenvalue weighted by atomic mass is 10.2. The van der Waals surface area contributed by atoms with Crippen LogP contribution in [0.2, 0.25) is 0 Å². The summed E-state index contributed by atoms with van der Waals surface area (Å²) in [5, 5.41) is 6.17. The van der Waals surface area contributed by atoms with Crippen molar-refractivity contribution < 1.29 is 12.8 Å². The Kier molecular flexibility index (Phi) is 10.6. The molecule has 0 atom stereocenters. The van der Waals surface area contributed by atoms with Crippen LogP contribution in [0.25, 0.3) is 0 Å². The van der Waals surface area contributed by atoms with E-state index in [0.717, 1.165) is 11.4 Å². The maximum atomic E-state index is 13.0. The quantitative estimate of drug-likeness (QED) is 0.284. The number of aromatic nitrogens is 1. The number of nitrogens with zero attached hydrogens (tertiary/aromatic N) is 4. The number of guanidine groups is 1. The van der Waals surface area contributed by atoms with Crippen molar-refractivity contribution in [3.05, 3.63) is 60.0 Å². The number of anilines is 1. The third kappa shape index (κ3) is 7.85. The number of rotatable bonds is 8. The molecule has 1 aliphatic rings. The van der Waals surface area contributed by atoms with Crippen molar-refractivity contribution in [3.63, 3.8) is 0 Å². The average Bonchev–Trinajstić information content (AvgIpc) is 2.79. The van der Waals surface area contributed by atoms with Gasteiger partial charge in [-0.15, -0.1) is 24.0 Å². The van der Waals surface area contributed by atoms with Crippen LogP contribution >= 0.6 is 24.0 Å². The summed E-state index contributed by atoms with van der Waals surface area (Å²) in [7, 11) is -3.37. The Morgan fingerprint density at radius 1 is 1.09 bits per heavy atom. The molecule has 11 heteroatoms. The number of benzene rings is 1. The fourth-order valence-electron chi connectivity index (χ4n) is 3.27. The smallest absolute Gasteiger partial charge is 0.215 e. The number of nitrogens with one attached hydrogen (secondary N) is 2. The van der Waals surface area contributed by atoms with Gasteiger partial charge in [-0.25, -0.2) is 22.8 Å². The zero-order chi connectivity index (χ0) is 22.1. The van der Waals surface area contributed by atoms with E-state index in [9.17, 15) is 12.8 Å². The summed E-state index contributed by atoms with van der Waals surface area (Å²) >= 11 is 0. The van der Waals surface area contributed by atoms with Crippen LogP contribution in [-0.2, 0) is 16.6 Å². The van der Waals surface area contributed by atoms with Crippen LogP contribution in [0.3, 0.4) is 0 Å². The maximum absolute atomic E-state index is 13.0. The number of pyridine rings is 1. The molecule has 0 bridgehead atoms. The molecule has 3 rings (SSSR count). The highest BCUT2D eigenvalue weighted by Crippen LogP contribution is 2.14. The number of hydrogen-bond acceptors (Lipinski definition) is 5. The van der Waals surface area contributed by atoms with Gasteiger partial charge in [-0.2, -0.15) is 4.31 Å². The first kappa shape index (κ1) is 26.3. The molecule has 32 heavy (non-hydrogen) atoms. The predicted octanol–water partition coefficient (Wildman–Crippen LogP) is 2.05. The normalized spacial score (nSPS) is 15.2. The third-order valence-corrected chi connectivity index (χ3v) is 6.81. The second-order valence-corrected chi connectivity index (χ2v) is 9.23. The number of hydrogen-bond donors (Lipinski definition) is 2. The highest BCUT2D eigenvalue weighted by Gasteiger charge is 2.27. The van der Waals surface area contributed by atoms with Crippen LogP contribution in [0.1, 0.15) is 12.5 Å². The van der Waals surface area contributed by atoms with Crippen LogP contribution in [0.4, 0.5) is 10.2 Å². The minimum absolute atomic E-state index is 0. The summed E-state index contributed by atoms with van der Waals surface area (Å²) in [5.41, 5.74) is 0.872. The van der Waals surface area contributed by atoms with E-state index in [-0.39, 0.29) is 42.1 Å². The molecule has 2 aromatic rings. The Bertz CT molecular complexity index is 952. The van der Waals surface area contributed by atoms with Crippen molar-refractivity contribution >= 4 is 45.8 Å². The van der Waals surface area contributed by atoms with Gasteiger partial charge in [0.25, 0.3) is 0 Å². The van der Waals surface area contributed by atoms with E-state index >= 15 is 0 Å². The molecule has 0 unspecified atom stereocenters. The SMILES string of the molecule is CCNC(=NCc1ccc(F)cc1)NCCS(=O)(=O)N1CCN(c2ccccn2)CC1.I. The van der Waals surface area contributed by atoms with Gasteiger partial charge in [-0.05, 0) is 36.8 Å². The van der Waals surface area contributed by atoms with Crippen molar-refractivity contribution in [1.82, 2.24) is 19.9 Å². The molecular weight excluding hydrogens is 546 g/mol. The summed E-state index contributed by atoms with van der Waals surface area (Å²) in [4.78, 5) is 10.9. The zero-order valence-electron chi connectivity index (χ0n) is 18.1. The van der Waals surface area contributed by atoms with E-state index in [0.29, 0.717) is 45.2 Å². The van der Waals surface area contributed by atoms with Gasteiger partial charge in [0.15, 0.2) is 5.96 Å². The Labute approximate surface area is 206 Å². The van der Waals surface area contributed by atoms with Gasteiger partial charge in [0.1, 0.15) is 11.6 Å². The summed E-state index contributed by atoms with van der Waals surface area (Å²) in [6, 6.07) is 11.9. The number of piperazine rings is 1. The lowest BCUT2D eigenvalue weighted by molar-refractivity contribution is 0.384. The number of aliphatic imine (C=N–C) groups is 1. The van der Waals surface area contributed by atoms with E-state index < -0.39 is 10.0 Å². The molecule has 176 valence electrons. The summed E-state index contributed by atoms with van der Waals surface area (Å²) in [5.74, 6) is 1.09. The van der Waals surface area contributed by atoms with E-state index in [2.05, 4.69) is 25.5 Å². The first-order valence-corrected chi connectivity index (χ1v) is 12.0. The van der Waals surface area contributed by atoms with Crippen LogP contribution in [0.15, 0.2) is 53.7 Å². The van der Waals surface area contributed by atoms with Gasteiger partial charge in [0.05, 0.1) is 12.3 Å². The summed E-state index contributed by atoms with van der Waals surface area (Å²) < 4.78 is 40.0. The van der Waals surface area contributed by atoms with Crippen molar-refractivity contribution in [3.8, 4) is 0 Å². The molecule has 1 aromatic heterocycles. The van der Waals surface area contributed by atoms with Gasteiger partial charge < -0.3 is 15.5 Å². The van der Waals surface area contributed by atoms with Gasteiger partial charge in [-0.3, -0.25) is 0 Å². The molecule has 0 radical (unpaired) electrons. The fourth-order valence-corrected chi connectivity index (χ4v) is 4.60. The minimum atomic E-state index is -3.37. The lowest BCUT2D eigenvalue weighted by Crippen LogP contribution is -2.50. The molecule has 1 fully saturated rings. The average molecular weight is 576 g/mol. The molecule has 1 aromatic carbocycles. The largest absolute Gasteiger partial charge is 0.357 e. The van der Waals surface area contributed by atoms with E-state index in [1.165, 1.54) is 16.4 Å². The molecule has 2 heterocycles. The van der Waals surface area contributed by atoms with Crippen LogP contribution in [0.5, 0.6) is 0 Å². The summed E-state index contributed by atoms with van der Waals surface area (Å²) in [6.07, 6.45) is 1.74. The number of sulfonamides is 1. The highest BCUT2D eigenvalue weighted by atomic mass is 127. The topological polar surface area (TPSA) is 89.9 Å². The van der Waals surface area contributed by atoms with E-state index in [1.54, 1.807) is 18.3 Å². The van der Waals surface area contributed by atoms with Gasteiger partial charge >= 0.3 is 0 Å². The Morgan fingerprint density at radius 2 is 1.81 bits per heavy atom. The van der Waals surface area contributed by atoms with Gasteiger partial charge in [0.2, 0.25) is 10.0 Å². The maximum Gasteiger partial charge on any atom is 0.215 e. The molecule has 1 saturated heterocycles. The Morgan fingerprint density at radius 3 is 2.44 bits per heavy atom. The first-order chi connectivity index (χ1) is 15.0. The fraction of sp³-hybridized carbons (Fsp3) is 0.429. The van der Waals surface area contributed by atoms with Crippen molar-refractivity contribution in [2.45, 2.75) is 13.5 Å². The Balaban J connectivity index is 0.00000363. The molecule has 0 amide bonds.